The molecule has 1 unspecified atom stereocenters. The van der Waals surface area contributed by atoms with Crippen LogP contribution in [0.1, 0.15) is 12.5 Å². The lowest BCUT2D eigenvalue weighted by atomic mass is 10.0. The van der Waals surface area contributed by atoms with Crippen LogP contribution in [-0.4, -0.2) is 30.6 Å². The fraction of sp³-hybridized carbons (Fsp3) is 0.375. The third kappa shape index (κ3) is 2.26. The van der Waals surface area contributed by atoms with E-state index in [0.29, 0.717) is 6.04 Å². The maximum absolute atomic E-state index is 3.45. The van der Waals surface area contributed by atoms with Gasteiger partial charge in [0.2, 0.25) is 0 Å². The van der Waals surface area contributed by atoms with E-state index in [0.717, 1.165) is 26.2 Å². The summed E-state index contributed by atoms with van der Waals surface area (Å²) in [6.45, 7) is 6.71. The average molecular weight is 240 g/mol. The van der Waals surface area contributed by atoms with Gasteiger partial charge in [-0.25, -0.2) is 0 Å². The van der Waals surface area contributed by atoms with E-state index in [-0.39, 0.29) is 0 Å². The summed E-state index contributed by atoms with van der Waals surface area (Å²) in [5.74, 6) is 0. The second kappa shape index (κ2) is 5.09. The van der Waals surface area contributed by atoms with Gasteiger partial charge < -0.3 is 5.32 Å². The lowest BCUT2D eigenvalue weighted by molar-refractivity contribution is 0.166. The Morgan fingerprint density at radius 1 is 1.17 bits per heavy atom. The average Bonchev–Trinajstić information content (AvgIpc) is 2.42. The van der Waals surface area contributed by atoms with Crippen molar-refractivity contribution in [3.8, 4) is 0 Å². The molecule has 2 aromatic rings. The van der Waals surface area contributed by atoms with E-state index in [1.165, 1.54) is 16.3 Å². The van der Waals surface area contributed by atoms with Crippen LogP contribution in [0.2, 0.25) is 0 Å². The first-order valence-electron chi connectivity index (χ1n) is 6.76. The number of fused-ring (bicyclic) bond motifs is 1. The van der Waals surface area contributed by atoms with Gasteiger partial charge >= 0.3 is 0 Å². The van der Waals surface area contributed by atoms with Gasteiger partial charge in [0, 0.05) is 32.2 Å². The highest BCUT2D eigenvalue weighted by molar-refractivity contribution is 5.85. The van der Waals surface area contributed by atoms with Crippen LogP contribution in [0.4, 0.5) is 0 Å². The van der Waals surface area contributed by atoms with Crippen molar-refractivity contribution >= 4 is 10.8 Å². The first-order valence-corrected chi connectivity index (χ1v) is 6.76. The Bertz CT molecular complexity index is 530. The molecule has 94 valence electrons. The molecule has 0 amide bonds. The first-order chi connectivity index (χ1) is 8.84. The molecule has 1 atom stereocenters. The third-order valence-corrected chi connectivity index (χ3v) is 3.89. The number of nitrogens with one attached hydrogen (secondary N) is 1. The van der Waals surface area contributed by atoms with Crippen LogP contribution in [0.5, 0.6) is 0 Å². The summed E-state index contributed by atoms with van der Waals surface area (Å²) >= 11 is 0. The van der Waals surface area contributed by atoms with Crippen molar-refractivity contribution in [1.82, 2.24) is 10.2 Å². The monoisotopic (exact) mass is 240 g/mol. The maximum atomic E-state index is 3.45. The molecule has 0 radical (unpaired) electrons. The fourth-order valence-electron chi connectivity index (χ4n) is 2.77. The van der Waals surface area contributed by atoms with E-state index in [4.69, 9.17) is 0 Å². The number of benzene rings is 2. The Morgan fingerprint density at radius 3 is 2.89 bits per heavy atom. The summed E-state index contributed by atoms with van der Waals surface area (Å²) in [5, 5.41) is 6.19. The van der Waals surface area contributed by atoms with E-state index in [1.54, 1.807) is 0 Å². The molecular formula is C16H20N2. The van der Waals surface area contributed by atoms with Crippen molar-refractivity contribution in [2.75, 3.05) is 19.6 Å². The van der Waals surface area contributed by atoms with Crippen LogP contribution < -0.4 is 5.32 Å². The molecular weight excluding hydrogens is 220 g/mol. The zero-order valence-electron chi connectivity index (χ0n) is 10.9. The third-order valence-electron chi connectivity index (χ3n) is 3.89. The van der Waals surface area contributed by atoms with Gasteiger partial charge in [0.15, 0.2) is 0 Å². The number of hydrogen-bond acceptors (Lipinski definition) is 2. The molecule has 2 nitrogen and oxygen atoms in total. The molecule has 1 aliphatic heterocycles. The SMILES string of the molecule is CC1CNCCN1Cc1cccc2ccccc12. The van der Waals surface area contributed by atoms with E-state index < -0.39 is 0 Å². The minimum atomic E-state index is 0.623. The molecule has 0 bridgehead atoms. The maximum Gasteiger partial charge on any atom is 0.0243 e. The van der Waals surface area contributed by atoms with Crippen molar-refractivity contribution in [3.63, 3.8) is 0 Å². The van der Waals surface area contributed by atoms with Crippen LogP contribution >= 0.6 is 0 Å². The summed E-state index contributed by atoms with van der Waals surface area (Å²) in [7, 11) is 0. The molecule has 3 rings (SSSR count). The Hall–Kier alpha value is -1.38. The number of piperazine rings is 1. The molecule has 1 fully saturated rings. The summed E-state index contributed by atoms with van der Waals surface area (Å²) in [5.41, 5.74) is 1.45. The van der Waals surface area contributed by atoms with Gasteiger partial charge in [0.25, 0.3) is 0 Å². The summed E-state index contributed by atoms with van der Waals surface area (Å²) < 4.78 is 0. The number of rotatable bonds is 2. The zero-order valence-corrected chi connectivity index (χ0v) is 10.9. The van der Waals surface area contributed by atoms with Gasteiger partial charge in [0.05, 0.1) is 0 Å². The highest BCUT2D eigenvalue weighted by atomic mass is 15.2. The van der Waals surface area contributed by atoms with E-state index >= 15 is 0 Å². The Labute approximate surface area is 109 Å². The zero-order chi connectivity index (χ0) is 12.4. The van der Waals surface area contributed by atoms with Gasteiger partial charge in [0.1, 0.15) is 0 Å². The largest absolute Gasteiger partial charge is 0.314 e. The van der Waals surface area contributed by atoms with E-state index in [9.17, 15) is 0 Å². The molecule has 0 saturated carbocycles. The highest BCUT2D eigenvalue weighted by Gasteiger charge is 2.18. The summed E-state index contributed by atoms with van der Waals surface area (Å²) in [6, 6.07) is 15.9. The van der Waals surface area contributed by atoms with Crippen LogP contribution in [0.3, 0.4) is 0 Å². The number of nitrogens with zero attached hydrogens (tertiary/aromatic N) is 1. The van der Waals surface area contributed by atoms with Crippen molar-refractivity contribution in [2.24, 2.45) is 0 Å². The number of hydrogen-bond donors (Lipinski definition) is 1. The van der Waals surface area contributed by atoms with Gasteiger partial charge in [-0.05, 0) is 23.3 Å². The van der Waals surface area contributed by atoms with Crippen molar-refractivity contribution in [1.29, 1.82) is 0 Å². The molecule has 2 aromatic carbocycles. The highest BCUT2D eigenvalue weighted by Crippen LogP contribution is 2.21. The van der Waals surface area contributed by atoms with E-state index in [2.05, 4.69) is 59.6 Å². The minimum Gasteiger partial charge on any atom is -0.314 e. The molecule has 0 aliphatic carbocycles. The van der Waals surface area contributed by atoms with Gasteiger partial charge in [-0.15, -0.1) is 0 Å². The van der Waals surface area contributed by atoms with Crippen LogP contribution in [-0.2, 0) is 6.54 Å². The van der Waals surface area contributed by atoms with Gasteiger partial charge in [-0.2, -0.15) is 0 Å². The second-order valence-corrected chi connectivity index (χ2v) is 5.16. The summed E-state index contributed by atoms with van der Waals surface area (Å²) in [6.07, 6.45) is 0. The van der Waals surface area contributed by atoms with Crippen LogP contribution in [0.15, 0.2) is 42.5 Å². The Balaban J connectivity index is 1.90. The van der Waals surface area contributed by atoms with Crippen LogP contribution in [0, 0.1) is 0 Å². The lowest BCUT2D eigenvalue weighted by Crippen LogP contribution is -2.49. The minimum absolute atomic E-state index is 0.623. The fourth-order valence-corrected chi connectivity index (χ4v) is 2.77. The molecule has 1 heterocycles. The predicted molar refractivity (Wildman–Crippen MR) is 76.7 cm³/mol. The molecule has 0 aromatic heterocycles. The van der Waals surface area contributed by atoms with Crippen molar-refractivity contribution in [3.05, 3.63) is 48.0 Å². The van der Waals surface area contributed by atoms with Crippen molar-refractivity contribution in [2.45, 2.75) is 19.5 Å². The molecule has 1 saturated heterocycles. The molecule has 0 spiro atoms. The molecule has 1 aliphatic rings. The molecule has 18 heavy (non-hydrogen) atoms. The van der Waals surface area contributed by atoms with Gasteiger partial charge in [-0.3, -0.25) is 4.90 Å². The standard InChI is InChI=1S/C16H20N2/c1-13-11-17-9-10-18(13)12-15-7-4-6-14-5-2-3-8-16(14)15/h2-8,13,17H,9-12H2,1H3. The topological polar surface area (TPSA) is 15.3 Å². The molecule has 2 heteroatoms. The smallest absolute Gasteiger partial charge is 0.0243 e. The summed E-state index contributed by atoms with van der Waals surface area (Å²) in [4.78, 5) is 2.57. The Kier molecular flexibility index (Phi) is 3.31. The van der Waals surface area contributed by atoms with Gasteiger partial charge in [-0.1, -0.05) is 42.5 Å². The normalized spacial score (nSPS) is 21.3. The second-order valence-electron chi connectivity index (χ2n) is 5.16. The predicted octanol–water partition coefficient (Wildman–Crippen LogP) is 2.63. The first kappa shape index (κ1) is 11.7. The van der Waals surface area contributed by atoms with Crippen molar-refractivity contribution < 1.29 is 0 Å². The lowest BCUT2D eigenvalue weighted by Gasteiger charge is -2.34. The van der Waals surface area contributed by atoms with Crippen LogP contribution in [0.25, 0.3) is 10.8 Å². The van der Waals surface area contributed by atoms with E-state index in [1.807, 2.05) is 0 Å². The molecule has 1 N–H and O–H groups in total. The quantitative estimate of drug-likeness (QED) is 0.868. The Morgan fingerprint density at radius 2 is 2.00 bits per heavy atom.